The van der Waals surface area contributed by atoms with Crippen molar-refractivity contribution in [3.05, 3.63) is 34.3 Å². The van der Waals surface area contributed by atoms with Crippen LogP contribution in [0.1, 0.15) is 56.5 Å². The lowest BCUT2D eigenvalue weighted by Gasteiger charge is -2.35. The highest BCUT2D eigenvalue weighted by Crippen LogP contribution is 2.27. The summed E-state index contributed by atoms with van der Waals surface area (Å²) in [5, 5.41) is 5.74. The Bertz CT molecular complexity index is 819. The Balaban J connectivity index is 2.25. The van der Waals surface area contributed by atoms with Gasteiger partial charge in [0.1, 0.15) is 18.4 Å². The highest BCUT2D eigenvalue weighted by atomic mass is 35.5. The first-order valence-corrected chi connectivity index (χ1v) is 10.6. The van der Waals surface area contributed by atoms with Crippen molar-refractivity contribution in [1.29, 1.82) is 0 Å². The predicted octanol–water partition coefficient (Wildman–Crippen LogP) is 2.35. The third kappa shape index (κ3) is 5.39. The van der Waals surface area contributed by atoms with Crippen molar-refractivity contribution in [2.45, 2.75) is 59.0 Å². The van der Waals surface area contributed by atoms with Crippen LogP contribution in [0, 0.1) is 5.41 Å². The van der Waals surface area contributed by atoms with E-state index in [0.29, 0.717) is 42.7 Å². The van der Waals surface area contributed by atoms with Gasteiger partial charge in [-0.25, -0.2) is 0 Å². The molecule has 164 valence electrons. The highest BCUT2D eigenvalue weighted by Gasteiger charge is 2.42. The predicted molar refractivity (Wildman–Crippen MR) is 115 cm³/mol. The zero-order valence-corrected chi connectivity index (χ0v) is 18.7. The molecule has 8 heteroatoms. The van der Waals surface area contributed by atoms with Crippen LogP contribution in [0.5, 0.6) is 0 Å². The number of halogens is 1. The maximum Gasteiger partial charge on any atom is 0.253 e. The van der Waals surface area contributed by atoms with Crippen molar-refractivity contribution in [2.75, 3.05) is 13.1 Å². The highest BCUT2D eigenvalue weighted by molar-refractivity contribution is 6.34. The average molecular weight is 436 g/mol. The Morgan fingerprint density at radius 2 is 2.00 bits per heavy atom. The summed E-state index contributed by atoms with van der Waals surface area (Å²) in [5.74, 6) is -1.10. The Labute approximate surface area is 182 Å². The van der Waals surface area contributed by atoms with E-state index in [2.05, 4.69) is 10.6 Å². The molecule has 1 fully saturated rings. The fourth-order valence-corrected chi connectivity index (χ4v) is 3.96. The van der Waals surface area contributed by atoms with E-state index in [0.717, 1.165) is 5.56 Å². The summed E-state index contributed by atoms with van der Waals surface area (Å²) in [7, 11) is 0. The average Bonchev–Trinajstić information content (AvgIpc) is 3.18. The first-order chi connectivity index (χ1) is 14.1. The van der Waals surface area contributed by atoms with E-state index < -0.39 is 23.4 Å². The van der Waals surface area contributed by atoms with Gasteiger partial charge in [0.15, 0.2) is 0 Å². The Morgan fingerprint density at radius 1 is 1.30 bits per heavy atom. The summed E-state index contributed by atoms with van der Waals surface area (Å²) >= 11 is 6.38. The molecule has 1 saturated heterocycles. The molecule has 0 spiro atoms. The number of likely N-dealkylation sites (tertiary alicyclic amines) is 1. The number of hydrogen-bond acceptors (Lipinski definition) is 4. The van der Waals surface area contributed by atoms with Crippen molar-refractivity contribution >= 4 is 35.6 Å². The van der Waals surface area contributed by atoms with Gasteiger partial charge in [0, 0.05) is 6.54 Å². The topological polar surface area (TPSA) is 95.6 Å². The van der Waals surface area contributed by atoms with Gasteiger partial charge in [-0.15, -0.1) is 0 Å². The molecule has 3 amide bonds. The van der Waals surface area contributed by atoms with Crippen molar-refractivity contribution in [3.8, 4) is 0 Å². The van der Waals surface area contributed by atoms with Crippen LogP contribution >= 0.6 is 11.6 Å². The summed E-state index contributed by atoms with van der Waals surface area (Å²) in [6.45, 7) is 7.86. The fourth-order valence-electron chi connectivity index (χ4n) is 3.61. The Morgan fingerprint density at radius 3 is 2.60 bits per heavy atom. The summed E-state index contributed by atoms with van der Waals surface area (Å²) in [6.07, 6.45) is 2.49. The van der Waals surface area contributed by atoms with E-state index in [1.807, 2.05) is 33.8 Å². The molecule has 1 aromatic rings. The second-order valence-corrected chi connectivity index (χ2v) is 8.88. The number of carbonyl (C=O) groups is 4. The monoisotopic (exact) mass is 435 g/mol. The molecule has 1 heterocycles. The van der Waals surface area contributed by atoms with E-state index >= 15 is 0 Å². The molecule has 1 aromatic carbocycles. The smallest absolute Gasteiger partial charge is 0.253 e. The molecule has 0 unspecified atom stereocenters. The molecule has 7 nitrogen and oxygen atoms in total. The lowest BCUT2D eigenvalue weighted by molar-refractivity contribution is -0.141. The van der Waals surface area contributed by atoms with Gasteiger partial charge in [0.05, 0.1) is 17.1 Å². The molecule has 1 aliphatic rings. The quantitative estimate of drug-likeness (QED) is 0.642. The van der Waals surface area contributed by atoms with Crippen molar-refractivity contribution < 1.29 is 19.2 Å². The summed E-state index contributed by atoms with van der Waals surface area (Å²) in [4.78, 5) is 50.8. The zero-order valence-electron chi connectivity index (χ0n) is 18.0. The number of aldehydes is 1. The lowest BCUT2D eigenvalue weighted by Crippen LogP contribution is -2.57. The summed E-state index contributed by atoms with van der Waals surface area (Å²) in [6, 6.07) is 3.77. The van der Waals surface area contributed by atoms with E-state index in [-0.39, 0.29) is 18.4 Å². The third-order valence-corrected chi connectivity index (χ3v) is 5.74. The fraction of sp³-hybridized carbons (Fsp3) is 0.545. The van der Waals surface area contributed by atoms with Crippen LogP contribution in [0.15, 0.2) is 18.2 Å². The first kappa shape index (κ1) is 23.9. The summed E-state index contributed by atoms with van der Waals surface area (Å²) < 4.78 is 0. The van der Waals surface area contributed by atoms with Gasteiger partial charge in [-0.05, 0) is 36.3 Å². The molecule has 0 radical (unpaired) electrons. The molecular formula is C22H30ClN3O4. The molecule has 0 bridgehead atoms. The summed E-state index contributed by atoms with van der Waals surface area (Å²) in [5.41, 5.74) is 0.586. The molecule has 2 rings (SSSR count). The molecular weight excluding hydrogens is 406 g/mol. The van der Waals surface area contributed by atoms with Gasteiger partial charge in [-0.1, -0.05) is 51.4 Å². The van der Waals surface area contributed by atoms with E-state index in [1.165, 1.54) is 4.90 Å². The van der Waals surface area contributed by atoms with Gasteiger partial charge in [0.2, 0.25) is 11.8 Å². The van der Waals surface area contributed by atoms with Gasteiger partial charge in [-0.2, -0.15) is 0 Å². The molecule has 0 saturated carbocycles. The SMILES string of the molecule is CCc1cccc(C(=O)N[C@H](C(=O)N2CCC[C@H]2C(=O)NCC=O)C(C)(C)C)c1Cl. The maximum absolute atomic E-state index is 13.4. The van der Waals surface area contributed by atoms with E-state index in [4.69, 9.17) is 11.6 Å². The Hall–Kier alpha value is -2.41. The van der Waals surface area contributed by atoms with Crippen LogP contribution in [0.3, 0.4) is 0 Å². The van der Waals surface area contributed by atoms with Gasteiger partial charge >= 0.3 is 0 Å². The largest absolute Gasteiger partial charge is 0.348 e. The minimum Gasteiger partial charge on any atom is -0.348 e. The number of benzene rings is 1. The van der Waals surface area contributed by atoms with Crippen molar-refractivity contribution in [1.82, 2.24) is 15.5 Å². The zero-order chi connectivity index (χ0) is 22.5. The number of nitrogens with one attached hydrogen (secondary N) is 2. The minimum absolute atomic E-state index is 0.0942. The Kier molecular flexibility index (Phi) is 8.01. The maximum atomic E-state index is 13.4. The molecule has 0 aromatic heterocycles. The van der Waals surface area contributed by atoms with Gasteiger partial charge < -0.3 is 20.3 Å². The second kappa shape index (κ2) is 10.1. The van der Waals surface area contributed by atoms with Crippen LogP contribution in [-0.4, -0.2) is 54.1 Å². The van der Waals surface area contributed by atoms with Crippen LogP contribution in [0.25, 0.3) is 0 Å². The van der Waals surface area contributed by atoms with Crippen LogP contribution in [-0.2, 0) is 20.8 Å². The number of carbonyl (C=O) groups excluding carboxylic acids is 4. The van der Waals surface area contributed by atoms with Crippen molar-refractivity contribution in [3.63, 3.8) is 0 Å². The van der Waals surface area contributed by atoms with E-state index in [1.54, 1.807) is 12.1 Å². The van der Waals surface area contributed by atoms with Gasteiger partial charge in [-0.3, -0.25) is 14.4 Å². The van der Waals surface area contributed by atoms with Gasteiger partial charge in [0.25, 0.3) is 5.91 Å². The van der Waals surface area contributed by atoms with E-state index in [9.17, 15) is 19.2 Å². The molecule has 30 heavy (non-hydrogen) atoms. The van der Waals surface area contributed by atoms with Crippen LogP contribution in [0.2, 0.25) is 5.02 Å². The number of rotatable bonds is 7. The first-order valence-electron chi connectivity index (χ1n) is 10.2. The molecule has 2 atom stereocenters. The molecule has 2 N–H and O–H groups in total. The lowest BCUT2D eigenvalue weighted by atomic mass is 9.85. The number of nitrogens with zero attached hydrogens (tertiary/aromatic N) is 1. The third-order valence-electron chi connectivity index (χ3n) is 5.29. The standard InChI is InChI=1S/C22H30ClN3O4/c1-5-14-8-6-9-15(17(14)23)19(28)25-18(22(2,3)4)21(30)26-12-7-10-16(26)20(29)24-11-13-27/h6,8-9,13,16,18H,5,7,10-12H2,1-4H3,(H,24,29)(H,25,28)/t16-,18+/m0/s1. The molecule has 0 aliphatic carbocycles. The van der Waals surface area contributed by atoms with Crippen LogP contribution < -0.4 is 10.6 Å². The second-order valence-electron chi connectivity index (χ2n) is 8.51. The normalized spacial score (nSPS) is 17.4. The van der Waals surface area contributed by atoms with Crippen molar-refractivity contribution in [2.24, 2.45) is 5.41 Å². The number of hydrogen-bond donors (Lipinski definition) is 2. The molecule has 1 aliphatic heterocycles. The number of amides is 3. The minimum atomic E-state index is -0.842. The number of aryl methyl sites for hydroxylation is 1. The van der Waals surface area contributed by atoms with Crippen LogP contribution in [0.4, 0.5) is 0 Å².